The van der Waals surface area contributed by atoms with Crippen molar-refractivity contribution in [3.05, 3.63) is 113 Å². The van der Waals surface area contributed by atoms with Crippen molar-refractivity contribution >= 4 is 22.4 Å². The van der Waals surface area contributed by atoms with Crippen LogP contribution in [0.1, 0.15) is 47.3 Å². The zero-order chi connectivity index (χ0) is 24.5. The minimum atomic E-state index is -1.01. The van der Waals surface area contributed by atoms with Crippen LogP contribution in [0.5, 0.6) is 0 Å². The Kier molecular flexibility index (Phi) is 6.08. The van der Waals surface area contributed by atoms with Gasteiger partial charge < -0.3 is 15.2 Å². The van der Waals surface area contributed by atoms with Crippen LogP contribution in [0.2, 0.25) is 0 Å². The lowest BCUT2D eigenvalue weighted by atomic mass is 9.73. The van der Waals surface area contributed by atoms with Gasteiger partial charge in [-0.2, -0.15) is 0 Å². The lowest BCUT2D eigenvalue weighted by Crippen LogP contribution is -2.44. The summed E-state index contributed by atoms with van der Waals surface area (Å²) in [5.41, 5.74) is 3.43. The predicted molar refractivity (Wildman–Crippen MR) is 141 cm³/mol. The van der Waals surface area contributed by atoms with Crippen molar-refractivity contribution in [3.63, 3.8) is 0 Å². The van der Waals surface area contributed by atoms with Crippen molar-refractivity contribution in [1.82, 2.24) is 0 Å². The molecular weight excluding hydrogens is 434 g/mol. The van der Waals surface area contributed by atoms with Crippen LogP contribution < -0.4 is 5.32 Å². The molecule has 1 aliphatic heterocycles. The summed E-state index contributed by atoms with van der Waals surface area (Å²) in [6, 6.07) is 30.7. The number of nitrogens with one attached hydrogen (secondary N) is 1. The third kappa shape index (κ3) is 5.08. The van der Waals surface area contributed by atoms with Gasteiger partial charge in [-0.1, -0.05) is 86.6 Å². The summed E-state index contributed by atoms with van der Waals surface area (Å²) in [6.45, 7) is 5.05. The van der Waals surface area contributed by atoms with Gasteiger partial charge in [-0.25, -0.2) is 4.79 Å². The second kappa shape index (κ2) is 9.20. The van der Waals surface area contributed by atoms with Crippen LogP contribution in [-0.2, 0) is 23.2 Å². The minimum Gasteiger partial charge on any atom is -0.457 e. The molecule has 0 aliphatic carbocycles. The first-order valence-electron chi connectivity index (χ1n) is 12.1. The lowest BCUT2D eigenvalue weighted by molar-refractivity contribution is 0.0257. The van der Waals surface area contributed by atoms with Crippen molar-refractivity contribution in [2.45, 2.75) is 44.3 Å². The third-order valence-electron chi connectivity index (χ3n) is 6.98. The number of carbonyl (C=O) groups is 1. The topological polar surface area (TPSA) is 58.6 Å². The molecular formula is C31H31NO3. The number of carbonyl (C=O) groups excluding carboxylic acids is 1. The first-order valence-corrected chi connectivity index (χ1v) is 12.1. The largest absolute Gasteiger partial charge is 0.457 e. The van der Waals surface area contributed by atoms with E-state index in [0.717, 1.165) is 16.8 Å². The van der Waals surface area contributed by atoms with E-state index >= 15 is 0 Å². The Balaban J connectivity index is 1.42. The molecule has 1 aliphatic rings. The smallest absolute Gasteiger partial charge is 0.338 e. The van der Waals surface area contributed by atoms with Gasteiger partial charge in [0.2, 0.25) is 0 Å². The maximum absolute atomic E-state index is 12.1. The Labute approximate surface area is 206 Å². The van der Waals surface area contributed by atoms with Gasteiger partial charge in [0.05, 0.1) is 11.2 Å². The summed E-state index contributed by atoms with van der Waals surface area (Å²) in [6.07, 6.45) is 1.10. The van der Waals surface area contributed by atoms with E-state index in [1.54, 1.807) is 6.07 Å². The van der Waals surface area contributed by atoms with E-state index in [-0.39, 0.29) is 11.4 Å². The molecule has 4 aromatic carbocycles. The van der Waals surface area contributed by atoms with Gasteiger partial charge in [-0.15, -0.1) is 0 Å². The number of esters is 1. The summed E-state index contributed by atoms with van der Waals surface area (Å²) in [5.74, 6) is -0.274. The van der Waals surface area contributed by atoms with Gasteiger partial charge in [0.1, 0.15) is 6.61 Å². The lowest BCUT2D eigenvalue weighted by Gasteiger charge is -2.37. The highest BCUT2D eigenvalue weighted by Gasteiger charge is 2.36. The van der Waals surface area contributed by atoms with Gasteiger partial charge in [0.25, 0.3) is 0 Å². The molecule has 4 aromatic rings. The van der Waals surface area contributed by atoms with E-state index in [1.165, 1.54) is 16.3 Å². The maximum atomic E-state index is 12.1. The first kappa shape index (κ1) is 23.1. The number of cyclic esters (lactones) is 1. The van der Waals surface area contributed by atoms with Crippen LogP contribution in [0, 0.1) is 0 Å². The molecule has 4 heteroatoms. The first-order chi connectivity index (χ1) is 16.8. The second-order valence-electron chi connectivity index (χ2n) is 10.3. The number of rotatable bonds is 8. The van der Waals surface area contributed by atoms with Crippen LogP contribution >= 0.6 is 0 Å². The zero-order valence-corrected chi connectivity index (χ0v) is 20.3. The van der Waals surface area contributed by atoms with Crippen LogP contribution in [0.3, 0.4) is 0 Å². The summed E-state index contributed by atoms with van der Waals surface area (Å²) in [7, 11) is 0. The predicted octanol–water partition coefficient (Wildman–Crippen LogP) is 6.26. The van der Waals surface area contributed by atoms with E-state index in [9.17, 15) is 9.90 Å². The monoisotopic (exact) mass is 465 g/mol. The SMILES string of the molecule is CC(C)(CC(O)(CNc1ccc2c(c1)COC2=O)Cc1ccc2ccccc2c1)c1ccccc1. The quantitative estimate of drug-likeness (QED) is 0.301. The number of fused-ring (bicyclic) bond motifs is 2. The van der Waals surface area contributed by atoms with Gasteiger partial charge in [0, 0.05) is 24.2 Å². The molecule has 178 valence electrons. The maximum Gasteiger partial charge on any atom is 0.338 e. The molecule has 0 saturated heterocycles. The normalized spacial score (nSPS) is 14.9. The number of aliphatic hydroxyl groups is 1. The summed E-state index contributed by atoms with van der Waals surface area (Å²) < 4.78 is 5.14. The van der Waals surface area contributed by atoms with Crippen molar-refractivity contribution in [2.24, 2.45) is 0 Å². The average Bonchev–Trinajstić information content (AvgIpc) is 3.23. The van der Waals surface area contributed by atoms with Crippen molar-refractivity contribution in [2.75, 3.05) is 11.9 Å². The fraction of sp³-hybridized carbons (Fsp3) is 0.258. The third-order valence-corrected chi connectivity index (χ3v) is 6.98. The van der Waals surface area contributed by atoms with Crippen LogP contribution in [0.15, 0.2) is 91.0 Å². The number of anilines is 1. The Bertz CT molecular complexity index is 1360. The molecule has 5 rings (SSSR count). The van der Waals surface area contributed by atoms with E-state index in [2.05, 4.69) is 61.6 Å². The molecule has 1 atom stereocenters. The fourth-order valence-electron chi connectivity index (χ4n) is 5.24. The standard InChI is InChI=1S/C31H31NO3/c1-30(2,26-10-4-3-5-11-26)20-31(34,18-22-12-13-23-8-6-7-9-24(23)16-22)21-32-27-14-15-28-25(17-27)19-35-29(28)33/h3-17,32,34H,18-21H2,1-2H3. The fourth-order valence-corrected chi connectivity index (χ4v) is 5.24. The highest BCUT2D eigenvalue weighted by Crippen LogP contribution is 2.35. The molecule has 0 radical (unpaired) electrons. The molecule has 0 saturated carbocycles. The van der Waals surface area contributed by atoms with Crippen LogP contribution in [-0.4, -0.2) is 23.2 Å². The molecule has 1 unspecified atom stereocenters. The minimum absolute atomic E-state index is 0.229. The Morgan fingerprint density at radius 1 is 0.886 bits per heavy atom. The molecule has 0 spiro atoms. The van der Waals surface area contributed by atoms with E-state index < -0.39 is 5.60 Å². The van der Waals surface area contributed by atoms with E-state index in [0.29, 0.717) is 31.6 Å². The number of benzene rings is 4. The summed E-state index contributed by atoms with van der Waals surface area (Å²) in [5, 5.41) is 17.9. The highest BCUT2D eigenvalue weighted by molar-refractivity contribution is 5.93. The van der Waals surface area contributed by atoms with Crippen LogP contribution in [0.25, 0.3) is 10.8 Å². The zero-order valence-electron chi connectivity index (χ0n) is 20.3. The second-order valence-corrected chi connectivity index (χ2v) is 10.3. The Hall–Kier alpha value is -3.63. The van der Waals surface area contributed by atoms with Crippen molar-refractivity contribution in [1.29, 1.82) is 0 Å². The summed E-state index contributed by atoms with van der Waals surface area (Å²) >= 11 is 0. The molecule has 0 aromatic heterocycles. The summed E-state index contributed by atoms with van der Waals surface area (Å²) in [4.78, 5) is 11.8. The van der Waals surface area contributed by atoms with Crippen molar-refractivity contribution < 1.29 is 14.6 Å². The number of ether oxygens (including phenoxy) is 1. The van der Waals surface area contributed by atoms with Gasteiger partial charge in [-0.05, 0) is 51.9 Å². The molecule has 0 amide bonds. The number of hydrogen-bond donors (Lipinski definition) is 2. The molecule has 4 nitrogen and oxygen atoms in total. The molecule has 1 heterocycles. The van der Waals surface area contributed by atoms with Gasteiger partial charge in [0.15, 0.2) is 0 Å². The van der Waals surface area contributed by atoms with E-state index in [4.69, 9.17) is 4.74 Å². The average molecular weight is 466 g/mol. The van der Waals surface area contributed by atoms with Gasteiger partial charge in [-0.3, -0.25) is 0 Å². The Morgan fingerprint density at radius 2 is 1.63 bits per heavy atom. The van der Waals surface area contributed by atoms with Gasteiger partial charge >= 0.3 is 5.97 Å². The number of hydrogen-bond acceptors (Lipinski definition) is 4. The van der Waals surface area contributed by atoms with E-state index in [1.807, 2.05) is 42.5 Å². The Morgan fingerprint density at radius 3 is 2.43 bits per heavy atom. The molecule has 2 N–H and O–H groups in total. The molecule has 0 bridgehead atoms. The molecule has 35 heavy (non-hydrogen) atoms. The molecule has 0 fully saturated rings. The van der Waals surface area contributed by atoms with Crippen LogP contribution in [0.4, 0.5) is 5.69 Å². The highest BCUT2D eigenvalue weighted by atomic mass is 16.5. The van der Waals surface area contributed by atoms with Crippen molar-refractivity contribution in [3.8, 4) is 0 Å².